The number of nitrogens with zero attached hydrogens (tertiary/aromatic N) is 1. The number of nitriles is 1. The van der Waals surface area contributed by atoms with Gasteiger partial charge in [0.05, 0.1) is 17.5 Å². The van der Waals surface area contributed by atoms with E-state index in [9.17, 15) is 0 Å². The fourth-order valence-electron chi connectivity index (χ4n) is 0.959. The van der Waals surface area contributed by atoms with Gasteiger partial charge in [-0.3, -0.25) is 0 Å². The lowest BCUT2D eigenvalue weighted by Crippen LogP contribution is -2.08. The van der Waals surface area contributed by atoms with Crippen molar-refractivity contribution >= 4 is 27.5 Å². The zero-order valence-electron chi connectivity index (χ0n) is 6.80. The number of hydrogen-bond donors (Lipinski definition) is 1. The smallest absolute Gasteiger partial charge is 0.0641 e. The molecule has 0 saturated heterocycles. The van der Waals surface area contributed by atoms with E-state index < -0.39 is 0 Å². The third-order valence-corrected chi connectivity index (χ3v) is 2.92. The fraction of sp³-hybridized carbons (Fsp3) is 0.222. The molecular formula is C9H8BrClN2. The Bertz CT molecular complexity index is 346. The summed E-state index contributed by atoms with van der Waals surface area (Å²) in [6.07, 6.45) is 0.304. The molecule has 2 nitrogen and oxygen atoms in total. The van der Waals surface area contributed by atoms with Crippen LogP contribution in [0.4, 0.5) is 0 Å². The van der Waals surface area contributed by atoms with Gasteiger partial charge >= 0.3 is 0 Å². The maximum Gasteiger partial charge on any atom is 0.0641 e. The van der Waals surface area contributed by atoms with E-state index in [-0.39, 0.29) is 6.04 Å². The van der Waals surface area contributed by atoms with Crippen LogP contribution in [-0.4, -0.2) is 0 Å². The zero-order chi connectivity index (χ0) is 9.84. The van der Waals surface area contributed by atoms with Crippen LogP contribution in [0.1, 0.15) is 18.0 Å². The predicted molar refractivity (Wildman–Crippen MR) is 56.3 cm³/mol. The second-order valence-electron chi connectivity index (χ2n) is 2.64. The molecule has 1 rings (SSSR count). The minimum atomic E-state index is -0.254. The molecule has 1 aromatic rings. The molecule has 0 fully saturated rings. The van der Waals surface area contributed by atoms with Crippen molar-refractivity contribution in [3.63, 3.8) is 0 Å². The summed E-state index contributed by atoms with van der Waals surface area (Å²) in [7, 11) is 0. The SMILES string of the molecule is N#CC[C@H](N)c1ccc(Br)c(Cl)c1. The normalized spacial score (nSPS) is 12.2. The van der Waals surface area contributed by atoms with Gasteiger partial charge in [-0.25, -0.2) is 0 Å². The molecule has 0 aliphatic carbocycles. The van der Waals surface area contributed by atoms with E-state index in [1.807, 2.05) is 18.2 Å². The van der Waals surface area contributed by atoms with E-state index in [1.165, 1.54) is 0 Å². The highest BCUT2D eigenvalue weighted by Gasteiger charge is 2.06. The highest BCUT2D eigenvalue weighted by Crippen LogP contribution is 2.26. The molecule has 13 heavy (non-hydrogen) atoms. The van der Waals surface area contributed by atoms with Crippen LogP contribution in [0.3, 0.4) is 0 Å². The van der Waals surface area contributed by atoms with Crippen LogP contribution in [0.2, 0.25) is 5.02 Å². The molecule has 0 saturated carbocycles. The largest absolute Gasteiger partial charge is 0.323 e. The molecule has 4 heteroatoms. The molecule has 0 aliphatic rings. The molecule has 0 heterocycles. The van der Waals surface area contributed by atoms with Gasteiger partial charge in [0.15, 0.2) is 0 Å². The second kappa shape index (κ2) is 4.61. The summed E-state index contributed by atoms with van der Waals surface area (Å²) in [5.74, 6) is 0. The van der Waals surface area contributed by atoms with Crippen molar-refractivity contribution in [2.24, 2.45) is 5.73 Å². The minimum Gasteiger partial charge on any atom is -0.323 e. The first-order valence-corrected chi connectivity index (χ1v) is 4.89. The predicted octanol–water partition coefficient (Wildman–Crippen LogP) is 3.02. The summed E-state index contributed by atoms with van der Waals surface area (Å²) in [6, 6.07) is 7.22. The van der Waals surface area contributed by atoms with E-state index in [0.29, 0.717) is 11.4 Å². The number of rotatable bonds is 2. The van der Waals surface area contributed by atoms with Crippen molar-refractivity contribution in [1.82, 2.24) is 0 Å². The number of benzene rings is 1. The van der Waals surface area contributed by atoms with Crippen molar-refractivity contribution in [3.8, 4) is 6.07 Å². The van der Waals surface area contributed by atoms with Crippen molar-refractivity contribution < 1.29 is 0 Å². The van der Waals surface area contributed by atoms with Gasteiger partial charge in [0.1, 0.15) is 0 Å². The van der Waals surface area contributed by atoms with E-state index >= 15 is 0 Å². The lowest BCUT2D eigenvalue weighted by atomic mass is 10.1. The summed E-state index contributed by atoms with van der Waals surface area (Å²) in [4.78, 5) is 0. The number of halogens is 2. The summed E-state index contributed by atoms with van der Waals surface area (Å²) in [5.41, 5.74) is 6.61. The van der Waals surface area contributed by atoms with Crippen LogP contribution in [0, 0.1) is 11.3 Å². The summed E-state index contributed by atoms with van der Waals surface area (Å²) >= 11 is 9.15. The summed E-state index contributed by atoms with van der Waals surface area (Å²) in [6.45, 7) is 0. The fourth-order valence-corrected chi connectivity index (χ4v) is 1.39. The van der Waals surface area contributed by atoms with Gasteiger partial charge in [-0.05, 0) is 33.6 Å². The van der Waals surface area contributed by atoms with Gasteiger partial charge in [0.25, 0.3) is 0 Å². The molecule has 0 radical (unpaired) electrons. The Hall–Kier alpha value is -0.560. The van der Waals surface area contributed by atoms with Gasteiger partial charge in [0, 0.05) is 10.5 Å². The molecule has 2 N–H and O–H groups in total. The third kappa shape index (κ3) is 2.70. The van der Waals surface area contributed by atoms with E-state index in [0.717, 1.165) is 10.0 Å². The monoisotopic (exact) mass is 258 g/mol. The molecule has 1 aromatic carbocycles. The van der Waals surface area contributed by atoms with Crippen LogP contribution >= 0.6 is 27.5 Å². The van der Waals surface area contributed by atoms with Crippen molar-refractivity contribution in [2.75, 3.05) is 0 Å². The quantitative estimate of drug-likeness (QED) is 0.887. The molecule has 0 aromatic heterocycles. The number of hydrogen-bond acceptors (Lipinski definition) is 2. The maximum absolute atomic E-state index is 8.45. The average Bonchev–Trinajstić information content (AvgIpc) is 2.10. The van der Waals surface area contributed by atoms with Crippen molar-refractivity contribution in [2.45, 2.75) is 12.5 Å². The molecule has 0 unspecified atom stereocenters. The van der Waals surface area contributed by atoms with Crippen LogP contribution in [0.15, 0.2) is 22.7 Å². The molecular weight excluding hydrogens is 251 g/mol. The highest BCUT2D eigenvalue weighted by molar-refractivity contribution is 9.10. The molecule has 0 amide bonds. The Morgan fingerprint density at radius 3 is 2.85 bits per heavy atom. The van der Waals surface area contributed by atoms with Crippen molar-refractivity contribution in [3.05, 3.63) is 33.3 Å². The number of nitrogens with two attached hydrogens (primary N) is 1. The van der Waals surface area contributed by atoms with E-state index in [4.69, 9.17) is 22.6 Å². The Labute approximate surface area is 90.4 Å². The molecule has 0 spiro atoms. The third-order valence-electron chi connectivity index (χ3n) is 1.68. The van der Waals surface area contributed by atoms with E-state index in [2.05, 4.69) is 15.9 Å². The van der Waals surface area contributed by atoms with Crippen LogP contribution < -0.4 is 5.73 Å². The van der Waals surface area contributed by atoms with Gasteiger partial charge in [-0.15, -0.1) is 0 Å². The first-order valence-electron chi connectivity index (χ1n) is 3.72. The first kappa shape index (κ1) is 10.5. The minimum absolute atomic E-state index is 0.254. The first-order chi connectivity index (χ1) is 6.15. The van der Waals surface area contributed by atoms with Crippen molar-refractivity contribution in [1.29, 1.82) is 5.26 Å². The van der Waals surface area contributed by atoms with Gasteiger partial charge in [0.2, 0.25) is 0 Å². The van der Waals surface area contributed by atoms with Crippen LogP contribution in [0.25, 0.3) is 0 Å². The lowest BCUT2D eigenvalue weighted by Gasteiger charge is -2.08. The second-order valence-corrected chi connectivity index (χ2v) is 3.90. The molecule has 0 aliphatic heterocycles. The van der Waals surface area contributed by atoms with Gasteiger partial charge < -0.3 is 5.73 Å². The summed E-state index contributed by atoms with van der Waals surface area (Å²) in [5, 5.41) is 9.07. The summed E-state index contributed by atoms with van der Waals surface area (Å²) < 4.78 is 0.835. The zero-order valence-corrected chi connectivity index (χ0v) is 9.14. The molecule has 1 atom stereocenters. The molecule has 0 bridgehead atoms. The Kier molecular flexibility index (Phi) is 3.73. The Morgan fingerprint density at radius 2 is 2.31 bits per heavy atom. The lowest BCUT2D eigenvalue weighted by molar-refractivity contribution is 0.748. The maximum atomic E-state index is 8.45. The standard InChI is InChI=1S/C9H8BrClN2/c10-7-2-1-6(5-8(7)11)9(13)3-4-12/h1-2,5,9H,3,13H2/t9-/m0/s1. The van der Waals surface area contributed by atoms with E-state index in [1.54, 1.807) is 6.07 Å². The van der Waals surface area contributed by atoms with Gasteiger partial charge in [-0.2, -0.15) is 5.26 Å². The highest BCUT2D eigenvalue weighted by atomic mass is 79.9. The topological polar surface area (TPSA) is 49.8 Å². The molecule has 68 valence electrons. The van der Waals surface area contributed by atoms with Gasteiger partial charge in [-0.1, -0.05) is 17.7 Å². The van der Waals surface area contributed by atoms with Crippen LogP contribution in [0.5, 0.6) is 0 Å². The average molecular weight is 260 g/mol. The van der Waals surface area contributed by atoms with Crippen LogP contribution in [-0.2, 0) is 0 Å². The Morgan fingerprint density at radius 1 is 1.62 bits per heavy atom. The Balaban J connectivity index is 2.91.